The number of carboxylic acid groups (broad SMARTS) is 1. The molecule has 1 saturated heterocycles. The highest BCUT2D eigenvalue weighted by Gasteiger charge is 2.22. The largest absolute Gasteiger partial charge is 0.465 e. The van der Waals surface area contributed by atoms with Crippen LogP contribution in [0.15, 0.2) is 24.5 Å². The van der Waals surface area contributed by atoms with Crippen LogP contribution < -0.4 is 0 Å². The normalized spacial score (nSPS) is 16.8. The smallest absolute Gasteiger partial charge is 0.407 e. The van der Waals surface area contributed by atoms with Crippen molar-refractivity contribution in [3.05, 3.63) is 30.1 Å². The zero-order chi connectivity index (χ0) is 13.7. The molecule has 1 aliphatic rings. The Kier molecular flexibility index (Phi) is 4.74. The number of nitrogens with zero attached hydrogens (tertiary/aromatic N) is 3. The van der Waals surface area contributed by atoms with Gasteiger partial charge in [-0.3, -0.25) is 4.98 Å². The van der Waals surface area contributed by atoms with Gasteiger partial charge >= 0.3 is 6.09 Å². The van der Waals surface area contributed by atoms with Gasteiger partial charge in [0.2, 0.25) is 0 Å². The van der Waals surface area contributed by atoms with Crippen LogP contribution in [0.3, 0.4) is 0 Å². The predicted molar refractivity (Wildman–Crippen MR) is 72.9 cm³/mol. The van der Waals surface area contributed by atoms with Crippen molar-refractivity contribution < 1.29 is 9.90 Å². The van der Waals surface area contributed by atoms with E-state index < -0.39 is 6.09 Å². The average Bonchev–Trinajstić information content (AvgIpc) is 2.40. The summed E-state index contributed by atoms with van der Waals surface area (Å²) in [7, 11) is 2.11. The van der Waals surface area contributed by atoms with Gasteiger partial charge in [0.25, 0.3) is 0 Å². The van der Waals surface area contributed by atoms with Crippen LogP contribution in [0.5, 0.6) is 0 Å². The van der Waals surface area contributed by atoms with E-state index in [-0.39, 0.29) is 0 Å². The second-order valence-corrected chi connectivity index (χ2v) is 5.27. The van der Waals surface area contributed by atoms with Gasteiger partial charge in [0.15, 0.2) is 0 Å². The Bertz CT molecular complexity index is 402. The lowest BCUT2D eigenvalue weighted by molar-refractivity contribution is 0.116. The van der Waals surface area contributed by atoms with E-state index in [2.05, 4.69) is 23.0 Å². The highest BCUT2D eigenvalue weighted by Crippen LogP contribution is 2.18. The molecule has 0 radical (unpaired) electrons. The molecule has 104 valence electrons. The van der Waals surface area contributed by atoms with E-state index in [1.807, 2.05) is 12.3 Å². The Morgan fingerprint density at radius 2 is 2.26 bits per heavy atom. The van der Waals surface area contributed by atoms with Crippen LogP contribution in [-0.4, -0.2) is 52.7 Å². The molecule has 1 aromatic rings. The van der Waals surface area contributed by atoms with Crippen molar-refractivity contribution in [1.82, 2.24) is 14.8 Å². The lowest BCUT2D eigenvalue weighted by Crippen LogP contribution is -2.40. The lowest BCUT2D eigenvalue weighted by atomic mass is 9.96. The van der Waals surface area contributed by atoms with Crippen LogP contribution in [0, 0.1) is 5.92 Å². The zero-order valence-corrected chi connectivity index (χ0v) is 11.3. The molecule has 1 fully saturated rings. The van der Waals surface area contributed by atoms with Crippen LogP contribution in [-0.2, 0) is 6.54 Å². The highest BCUT2D eigenvalue weighted by molar-refractivity contribution is 5.64. The molecule has 0 saturated carbocycles. The van der Waals surface area contributed by atoms with Gasteiger partial charge in [-0.05, 0) is 37.4 Å². The maximum atomic E-state index is 10.8. The Morgan fingerprint density at radius 1 is 1.53 bits per heavy atom. The number of amides is 1. The summed E-state index contributed by atoms with van der Waals surface area (Å²) in [6.45, 7) is 3.25. The Morgan fingerprint density at radius 3 is 2.84 bits per heavy atom. The molecule has 2 heterocycles. The zero-order valence-electron chi connectivity index (χ0n) is 11.3. The molecule has 0 spiro atoms. The van der Waals surface area contributed by atoms with E-state index in [0.29, 0.717) is 19.0 Å². The Labute approximate surface area is 113 Å². The maximum Gasteiger partial charge on any atom is 0.407 e. The number of rotatable bonds is 4. The maximum absolute atomic E-state index is 10.8. The molecule has 19 heavy (non-hydrogen) atoms. The number of hydrogen-bond donors (Lipinski definition) is 1. The molecular formula is C14H21N3O2. The lowest BCUT2D eigenvalue weighted by Gasteiger charge is -2.32. The summed E-state index contributed by atoms with van der Waals surface area (Å²) in [6, 6.07) is 4.03. The third kappa shape index (κ3) is 4.21. The fourth-order valence-electron chi connectivity index (χ4n) is 2.62. The molecule has 0 atom stereocenters. The molecule has 0 aromatic carbocycles. The van der Waals surface area contributed by atoms with Gasteiger partial charge in [-0.15, -0.1) is 0 Å². The van der Waals surface area contributed by atoms with Crippen molar-refractivity contribution in [3.63, 3.8) is 0 Å². The predicted octanol–water partition coefficient (Wildman–Crippen LogP) is 1.90. The molecule has 0 bridgehead atoms. The number of piperidine rings is 1. The van der Waals surface area contributed by atoms with Gasteiger partial charge in [-0.25, -0.2) is 4.79 Å². The van der Waals surface area contributed by atoms with Crippen molar-refractivity contribution in [3.8, 4) is 0 Å². The van der Waals surface area contributed by atoms with Gasteiger partial charge in [-0.1, -0.05) is 6.07 Å². The molecule has 0 unspecified atom stereocenters. The first kappa shape index (κ1) is 13.8. The number of aromatic nitrogens is 1. The first-order valence-corrected chi connectivity index (χ1v) is 6.70. The third-order valence-electron chi connectivity index (χ3n) is 3.63. The first-order valence-electron chi connectivity index (χ1n) is 6.70. The van der Waals surface area contributed by atoms with Crippen molar-refractivity contribution >= 4 is 6.09 Å². The fraction of sp³-hybridized carbons (Fsp3) is 0.571. The SMILES string of the molecule is CN(Cc1cccnc1)CC1CCN(C(=O)O)CC1. The molecule has 2 rings (SSSR count). The average molecular weight is 263 g/mol. The van der Waals surface area contributed by atoms with E-state index >= 15 is 0 Å². The Hall–Kier alpha value is -1.62. The summed E-state index contributed by atoms with van der Waals surface area (Å²) in [5.74, 6) is 0.595. The van der Waals surface area contributed by atoms with Gasteiger partial charge in [0.1, 0.15) is 0 Å². The topological polar surface area (TPSA) is 56.7 Å². The van der Waals surface area contributed by atoms with Gasteiger partial charge in [0.05, 0.1) is 0 Å². The minimum Gasteiger partial charge on any atom is -0.465 e. The molecule has 1 amide bonds. The van der Waals surface area contributed by atoms with E-state index in [0.717, 1.165) is 25.9 Å². The molecule has 0 aliphatic carbocycles. The molecular weight excluding hydrogens is 242 g/mol. The van der Waals surface area contributed by atoms with E-state index in [4.69, 9.17) is 5.11 Å². The Balaban J connectivity index is 1.75. The molecule has 1 N–H and O–H groups in total. The van der Waals surface area contributed by atoms with E-state index in [9.17, 15) is 4.79 Å². The van der Waals surface area contributed by atoms with Gasteiger partial charge < -0.3 is 14.9 Å². The monoisotopic (exact) mass is 263 g/mol. The highest BCUT2D eigenvalue weighted by atomic mass is 16.4. The van der Waals surface area contributed by atoms with Crippen molar-refractivity contribution in [2.24, 2.45) is 5.92 Å². The summed E-state index contributed by atoms with van der Waals surface area (Å²) >= 11 is 0. The number of likely N-dealkylation sites (tertiary alicyclic amines) is 1. The van der Waals surface area contributed by atoms with Crippen molar-refractivity contribution in [2.75, 3.05) is 26.7 Å². The first-order chi connectivity index (χ1) is 9.15. The summed E-state index contributed by atoms with van der Waals surface area (Å²) in [4.78, 5) is 18.7. The van der Waals surface area contributed by atoms with Crippen LogP contribution in [0.1, 0.15) is 18.4 Å². The van der Waals surface area contributed by atoms with Crippen LogP contribution in [0.2, 0.25) is 0 Å². The molecule has 1 aromatic heterocycles. The number of hydrogen-bond acceptors (Lipinski definition) is 3. The summed E-state index contributed by atoms with van der Waals surface area (Å²) in [5.41, 5.74) is 1.22. The third-order valence-corrected chi connectivity index (χ3v) is 3.63. The molecule has 5 nitrogen and oxygen atoms in total. The van der Waals surface area contributed by atoms with E-state index in [1.165, 1.54) is 10.5 Å². The quantitative estimate of drug-likeness (QED) is 0.901. The van der Waals surface area contributed by atoms with Crippen LogP contribution in [0.4, 0.5) is 4.79 Å². The van der Waals surface area contributed by atoms with Gasteiger partial charge in [0, 0.05) is 38.6 Å². The minimum absolute atomic E-state index is 0.595. The van der Waals surface area contributed by atoms with Crippen LogP contribution >= 0.6 is 0 Å². The molecule has 5 heteroatoms. The number of carbonyl (C=O) groups is 1. The van der Waals surface area contributed by atoms with Crippen LogP contribution in [0.25, 0.3) is 0 Å². The summed E-state index contributed by atoms with van der Waals surface area (Å²) in [5, 5.41) is 8.91. The molecule has 1 aliphatic heterocycles. The summed E-state index contributed by atoms with van der Waals surface area (Å²) < 4.78 is 0. The fourth-order valence-corrected chi connectivity index (χ4v) is 2.62. The van der Waals surface area contributed by atoms with Crippen molar-refractivity contribution in [1.29, 1.82) is 0 Å². The standard InChI is InChI=1S/C14H21N3O2/c1-16(11-13-3-2-6-15-9-13)10-12-4-7-17(8-5-12)14(18)19/h2-3,6,9,12H,4-5,7-8,10-11H2,1H3,(H,18,19). The van der Waals surface area contributed by atoms with Gasteiger partial charge in [-0.2, -0.15) is 0 Å². The second-order valence-electron chi connectivity index (χ2n) is 5.27. The number of pyridine rings is 1. The van der Waals surface area contributed by atoms with Crippen molar-refractivity contribution in [2.45, 2.75) is 19.4 Å². The minimum atomic E-state index is -0.790. The van der Waals surface area contributed by atoms with E-state index in [1.54, 1.807) is 6.20 Å². The second kappa shape index (κ2) is 6.52. The summed E-state index contributed by atoms with van der Waals surface area (Å²) in [6.07, 6.45) is 4.81.